The fourth-order valence-corrected chi connectivity index (χ4v) is 3.74. The Bertz CT molecular complexity index is 562. The lowest BCUT2D eigenvalue weighted by Crippen LogP contribution is -2.50. The van der Waals surface area contributed by atoms with Gasteiger partial charge in [0.2, 0.25) is 0 Å². The van der Waals surface area contributed by atoms with E-state index in [0.717, 1.165) is 58.3 Å². The minimum absolute atomic E-state index is 0.0817. The summed E-state index contributed by atoms with van der Waals surface area (Å²) in [7, 11) is 0. The van der Waals surface area contributed by atoms with E-state index in [1.807, 2.05) is 0 Å². The minimum Gasteiger partial charge on any atom is -0.492 e. The molecular formula is C19H27F3N2O2. The van der Waals surface area contributed by atoms with E-state index >= 15 is 0 Å². The third-order valence-electron chi connectivity index (χ3n) is 5.15. The molecule has 0 N–H and O–H groups in total. The Kier molecular flexibility index (Phi) is 6.78. The van der Waals surface area contributed by atoms with Gasteiger partial charge in [0.15, 0.2) is 0 Å². The second-order valence-electron chi connectivity index (χ2n) is 6.94. The predicted octanol–water partition coefficient (Wildman–Crippen LogP) is 3.27. The summed E-state index contributed by atoms with van der Waals surface area (Å²) in [6, 6.07) is 5.87. The molecule has 0 spiro atoms. The van der Waals surface area contributed by atoms with Gasteiger partial charge in [0.1, 0.15) is 12.4 Å². The molecule has 1 unspecified atom stereocenters. The molecule has 0 radical (unpaired) electrons. The average molecular weight is 372 g/mol. The molecular weight excluding hydrogens is 345 g/mol. The van der Waals surface area contributed by atoms with Gasteiger partial charge in [-0.15, -0.1) is 0 Å². The monoisotopic (exact) mass is 372 g/mol. The van der Waals surface area contributed by atoms with E-state index in [-0.39, 0.29) is 12.4 Å². The van der Waals surface area contributed by atoms with E-state index < -0.39 is 11.7 Å². The number of piperidine rings is 1. The lowest BCUT2D eigenvalue weighted by Gasteiger charge is -2.39. The Morgan fingerprint density at radius 2 is 1.85 bits per heavy atom. The molecule has 0 saturated carbocycles. The van der Waals surface area contributed by atoms with Gasteiger partial charge >= 0.3 is 6.18 Å². The Labute approximate surface area is 152 Å². The summed E-state index contributed by atoms with van der Waals surface area (Å²) in [5.41, 5.74) is -0.705. The highest BCUT2D eigenvalue weighted by molar-refractivity contribution is 5.35. The number of halogens is 3. The van der Waals surface area contributed by atoms with Crippen LogP contribution in [-0.4, -0.2) is 68.4 Å². The number of alkyl halides is 3. The van der Waals surface area contributed by atoms with E-state index in [1.54, 1.807) is 6.07 Å². The first-order chi connectivity index (χ1) is 12.5. The zero-order valence-corrected chi connectivity index (χ0v) is 15.0. The molecule has 146 valence electrons. The maximum absolute atomic E-state index is 13.0. The molecule has 2 saturated heterocycles. The van der Waals surface area contributed by atoms with E-state index in [2.05, 4.69) is 9.80 Å². The third-order valence-corrected chi connectivity index (χ3v) is 5.15. The lowest BCUT2D eigenvalue weighted by molar-refractivity contribution is -0.139. The van der Waals surface area contributed by atoms with Crippen molar-refractivity contribution in [2.45, 2.75) is 31.5 Å². The van der Waals surface area contributed by atoms with Gasteiger partial charge < -0.3 is 9.47 Å². The number of rotatable bonds is 6. The highest BCUT2D eigenvalue weighted by Gasteiger charge is 2.34. The highest BCUT2D eigenvalue weighted by Crippen LogP contribution is 2.35. The number of nitrogens with zero attached hydrogens (tertiary/aromatic N) is 2. The fraction of sp³-hybridized carbons (Fsp3) is 0.684. The van der Waals surface area contributed by atoms with Crippen LogP contribution in [0, 0.1) is 0 Å². The zero-order chi connectivity index (χ0) is 18.4. The van der Waals surface area contributed by atoms with Gasteiger partial charge in [-0.1, -0.05) is 18.6 Å². The second kappa shape index (κ2) is 9.06. The van der Waals surface area contributed by atoms with Crippen molar-refractivity contribution < 1.29 is 22.6 Å². The molecule has 1 aromatic rings. The van der Waals surface area contributed by atoms with Gasteiger partial charge in [-0.05, 0) is 31.5 Å². The van der Waals surface area contributed by atoms with Crippen LogP contribution < -0.4 is 4.74 Å². The molecule has 26 heavy (non-hydrogen) atoms. The molecule has 2 aliphatic heterocycles. The molecule has 0 amide bonds. The molecule has 1 atom stereocenters. The van der Waals surface area contributed by atoms with Crippen LogP contribution >= 0.6 is 0 Å². The molecule has 2 heterocycles. The van der Waals surface area contributed by atoms with Crippen LogP contribution in [0.5, 0.6) is 5.75 Å². The van der Waals surface area contributed by atoms with Crippen molar-refractivity contribution in [2.75, 3.05) is 52.5 Å². The van der Waals surface area contributed by atoms with Crippen molar-refractivity contribution in [3.63, 3.8) is 0 Å². The van der Waals surface area contributed by atoms with Crippen molar-refractivity contribution >= 4 is 0 Å². The van der Waals surface area contributed by atoms with Gasteiger partial charge in [-0.2, -0.15) is 13.2 Å². The summed E-state index contributed by atoms with van der Waals surface area (Å²) in [6.07, 6.45) is -0.904. The van der Waals surface area contributed by atoms with Gasteiger partial charge in [0, 0.05) is 32.2 Å². The fourth-order valence-electron chi connectivity index (χ4n) is 3.74. The van der Waals surface area contributed by atoms with Gasteiger partial charge in [-0.25, -0.2) is 0 Å². The molecule has 7 heteroatoms. The van der Waals surface area contributed by atoms with E-state index in [0.29, 0.717) is 12.6 Å². The largest absolute Gasteiger partial charge is 0.492 e. The second-order valence-corrected chi connectivity index (χ2v) is 6.94. The van der Waals surface area contributed by atoms with Crippen molar-refractivity contribution in [3.8, 4) is 5.75 Å². The molecule has 2 aliphatic rings. The van der Waals surface area contributed by atoms with Crippen LogP contribution in [0.2, 0.25) is 0 Å². The minimum atomic E-state index is -4.39. The van der Waals surface area contributed by atoms with E-state index in [1.165, 1.54) is 18.6 Å². The number of hydrogen-bond acceptors (Lipinski definition) is 4. The van der Waals surface area contributed by atoms with Crippen LogP contribution in [0.3, 0.4) is 0 Å². The smallest absolute Gasteiger partial charge is 0.419 e. The number of para-hydroxylation sites is 1. The van der Waals surface area contributed by atoms with Gasteiger partial charge in [-0.3, -0.25) is 9.80 Å². The third kappa shape index (κ3) is 5.34. The quantitative estimate of drug-likeness (QED) is 0.765. The van der Waals surface area contributed by atoms with Gasteiger partial charge in [0.25, 0.3) is 0 Å². The van der Waals surface area contributed by atoms with Crippen LogP contribution in [0.15, 0.2) is 24.3 Å². The normalized spacial score (nSPS) is 23.1. The summed E-state index contributed by atoms with van der Waals surface area (Å²) in [4.78, 5) is 4.79. The van der Waals surface area contributed by atoms with Crippen LogP contribution in [0.4, 0.5) is 13.2 Å². The summed E-state index contributed by atoms with van der Waals surface area (Å²) in [6.45, 7) is 6.39. The van der Waals surface area contributed by atoms with Crippen LogP contribution in [0.25, 0.3) is 0 Å². The van der Waals surface area contributed by atoms with Gasteiger partial charge in [0.05, 0.1) is 18.8 Å². The predicted molar refractivity (Wildman–Crippen MR) is 93.4 cm³/mol. The molecule has 0 aliphatic carbocycles. The Hall–Kier alpha value is -1.31. The Morgan fingerprint density at radius 3 is 2.62 bits per heavy atom. The number of benzene rings is 1. The average Bonchev–Trinajstić information content (AvgIpc) is 2.64. The Morgan fingerprint density at radius 1 is 1.08 bits per heavy atom. The SMILES string of the molecule is FC(F)(F)c1ccccc1OCCN1CCCCC1CN1CCOCC1. The van der Waals surface area contributed by atoms with E-state index in [4.69, 9.17) is 9.47 Å². The molecule has 2 fully saturated rings. The first-order valence-electron chi connectivity index (χ1n) is 9.37. The molecule has 4 nitrogen and oxygen atoms in total. The number of likely N-dealkylation sites (tertiary alicyclic amines) is 1. The molecule has 0 aromatic heterocycles. The number of hydrogen-bond donors (Lipinski definition) is 0. The summed E-state index contributed by atoms with van der Waals surface area (Å²) in [5.74, 6) is -0.0817. The number of morpholine rings is 1. The molecule has 3 rings (SSSR count). The molecule has 0 bridgehead atoms. The maximum Gasteiger partial charge on any atom is 0.419 e. The van der Waals surface area contributed by atoms with E-state index in [9.17, 15) is 13.2 Å². The summed E-state index contributed by atoms with van der Waals surface area (Å²) >= 11 is 0. The van der Waals surface area contributed by atoms with Crippen LogP contribution in [0.1, 0.15) is 24.8 Å². The van der Waals surface area contributed by atoms with Crippen molar-refractivity contribution in [2.24, 2.45) is 0 Å². The zero-order valence-electron chi connectivity index (χ0n) is 15.0. The lowest BCUT2D eigenvalue weighted by atomic mass is 10.0. The summed E-state index contributed by atoms with van der Waals surface area (Å²) < 4.78 is 50.1. The van der Waals surface area contributed by atoms with Crippen molar-refractivity contribution in [1.82, 2.24) is 9.80 Å². The number of ether oxygens (including phenoxy) is 2. The molecule has 1 aromatic carbocycles. The standard InChI is InChI=1S/C19H27F3N2O2/c20-19(21,22)17-6-1-2-7-18(17)26-14-11-24-8-4-3-5-16(24)15-23-9-12-25-13-10-23/h1-2,6-7,16H,3-5,8-15H2. The first kappa shape index (κ1) is 19.5. The topological polar surface area (TPSA) is 24.9 Å². The van der Waals surface area contributed by atoms with Crippen molar-refractivity contribution in [3.05, 3.63) is 29.8 Å². The van der Waals surface area contributed by atoms with Crippen LogP contribution in [-0.2, 0) is 10.9 Å². The highest BCUT2D eigenvalue weighted by atomic mass is 19.4. The maximum atomic E-state index is 13.0. The van der Waals surface area contributed by atoms with Crippen molar-refractivity contribution in [1.29, 1.82) is 0 Å². The Balaban J connectivity index is 1.53. The first-order valence-corrected chi connectivity index (χ1v) is 9.37. The summed E-state index contributed by atoms with van der Waals surface area (Å²) in [5, 5.41) is 0.